The third-order valence-corrected chi connectivity index (χ3v) is 5.52. The highest BCUT2D eigenvalue weighted by atomic mass is 35.5. The van der Waals surface area contributed by atoms with E-state index in [4.69, 9.17) is 39.5 Å². The quantitative estimate of drug-likeness (QED) is 0.234. The smallest absolute Gasteiger partial charge is 0.271 e. The molecule has 0 aliphatic carbocycles. The number of nitrogens with zero attached hydrogens (tertiary/aromatic N) is 1. The van der Waals surface area contributed by atoms with Gasteiger partial charge < -0.3 is 4.74 Å². The van der Waals surface area contributed by atoms with Crippen molar-refractivity contribution in [1.82, 2.24) is 5.43 Å². The highest BCUT2D eigenvalue weighted by molar-refractivity contribution is 6.37. The largest absolute Gasteiger partial charge is 0.486 e. The summed E-state index contributed by atoms with van der Waals surface area (Å²) >= 11 is 18.6. The van der Waals surface area contributed by atoms with Crippen molar-refractivity contribution in [3.63, 3.8) is 0 Å². The van der Waals surface area contributed by atoms with Crippen molar-refractivity contribution in [2.24, 2.45) is 5.10 Å². The fourth-order valence-electron chi connectivity index (χ4n) is 3.11. The molecule has 7 heteroatoms. The van der Waals surface area contributed by atoms with E-state index in [1.54, 1.807) is 36.4 Å². The molecule has 0 spiro atoms. The second-order valence-electron chi connectivity index (χ2n) is 6.99. The van der Waals surface area contributed by atoms with Gasteiger partial charge in [-0.25, -0.2) is 5.43 Å². The summed E-state index contributed by atoms with van der Waals surface area (Å²) in [7, 11) is 0. The Morgan fingerprint density at radius 2 is 1.56 bits per heavy atom. The van der Waals surface area contributed by atoms with E-state index in [-0.39, 0.29) is 5.91 Å². The van der Waals surface area contributed by atoms with Gasteiger partial charge in [0.25, 0.3) is 5.91 Å². The van der Waals surface area contributed by atoms with Gasteiger partial charge in [-0.1, -0.05) is 71.2 Å². The topological polar surface area (TPSA) is 50.7 Å². The minimum Gasteiger partial charge on any atom is -0.486 e. The van der Waals surface area contributed by atoms with Gasteiger partial charge in [0.15, 0.2) is 5.75 Å². The lowest BCUT2D eigenvalue weighted by atomic mass is 10.1. The van der Waals surface area contributed by atoms with Crippen LogP contribution >= 0.6 is 34.8 Å². The predicted molar refractivity (Wildman–Crippen MR) is 131 cm³/mol. The Balaban J connectivity index is 1.41. The maximum absolute atomic E-state index is 12.1. The van der Waals surface area contributed by atoms with Crippen molar-refractivity contribution < 1.29 is 9.53 Å². The SMILES string of the molecule is O=C(N/N=C\c1cc(Cl)c(OCc2ccc3ccccc3c2)c(Cl)c1)c1ccc(Cl)cc1. The van der Waals surface area contributed by atoms with Crippen LogP contribution in [0.2, 0.25) is 15.1 Å². The van der Waals surface area contributed by atoms with E-state index in [1.165, 1.54) is 11.6 Å². The first-order valence-corrected chi connectivity index (χ1v) is 10.8. The van der Waals surface area contributed by atoms with Crippen LogP contribution in [0.3, 0.4) is 0 Å². The molecule has 4 nitrogen and oxygen atoms in total. The number of nitrogens with one attached hydrogen (secondary N) is 1. The zero-order valence-corrected chi connectivity index (χ0v) is 19.0. The molecule has 0 saturated carbocycles. The summed E-state index contributed by atoms with van der Waals surface area (Å²) in [6, 6.07) is 24.1. The molecule has 0 unspecified atom stereocenters. The molecule has 1 N–H and O–H groups in total. The molecule has 4 aromatic rings. The molecule has 160 valence electrons. The lowest BCUT2D eigenvalue weighted by Gasteiger charge is -2.11. The van der Waals surface area contributed by atoms with E-state index >= 15 is 0 Å². The van der Waals surface area contributed by atoms with Crippen LogP contribution in [0.1, 0.15) is 21.5 Å². The van der Waals surface area contributed by atoms with Gasteiger partial charge in [-0.3, -0.25) is 4.79 Å². The van der Waals surface area contributed by atoms with Crippen molar-refractivity contribution in [1.29, 1.82) is 0 Å². The van der Waals surface area contributed by atoms with E-state index in [9.17, 15) is 4.79 Å². The molecule has 0 radical (unpaired) electrons. The number of carbonyl (C=O) groups excluding carboxylic acids is 1. The van der Waals surface area contributed by atoms with E-state index in [2.05, 4.69) is 34.8 Å². The maximum Gasteiger partial charge on any atom is 0.271 e. The number of ether oxygens (including phenoxy) is 1. The van der Waals surface area contributed by atoms with Gasteiger partial charge in [0.05, 0.1) is 16.3 Å². The Morgan fingerprint density at radius 1 is 0.875 bits per heavy atom. The number of carbonyl (C=O) groups is 1. The molecule has 1 amide bonds. The highest BCUT2D eigenvalue weighted by Gasteiger charge is 2.10. The fourth-order valence-corrected chi connectivity index (χ4v) is 3.85. The van der Waals surface area contributed by atoms with Crippen LogP contribution in [0.4, 0.5) is 0 Å². The molecule has 4 rings (SSSR count). The zero-order chi connectivity index (χ0) is 22.5. The molecular weight excluding hydrogens is 467 g/mol. The minimum absolute atomic E-state index is 0.328. The van der Waals surface area contributed by atoms with E-state index in [0.29, 0.717) is 38.6 Å². The highest BCUT2D eigenvalue weighted by Crippen LogP contribution is 2.34. The van der Waals surface area contributed by atoms with Crippen molar-refractivity contribution in [2.45, 2.75) is 6.61 Å². The second kappa shape index (κ2) is 10.0. The fraction of sp³-hybridized carbons (Fsp3) is 0.0400. The number of benzene rings is 4. The van der Waals surface area contributed by atoms with Crippen LogP contribution in [-0.2, 0) is 6.61 Å². The summed E-state index contributed by atoms with van der Waals surface area (Å²) in [5.74, 6) is 0.0364. The van der Waals surface area contributed by atoms with Crippen LogP contribution in [0.15, 0.2) is 84.0 Å². The number of hydrogen-bond acceptors (Lipinski definition) is 3. The summed E-state index contributed by atoms with van der Waals surface area (Å²) in [5.41, 5.74) is 4.52. The van der Waals surface area contributed by atoms with Crippen LogP contribution in [0.25, 0.3) is 10.8 Å². The van der Waals surface area contributed by atoms with E-state index in [0.717, 1.165) is 10.9 Å². The standard InChI is InChI=1S/C25H17Cl3N2O2/c26-21-9-7-19(8-10-21)25(31)30-29-14-17-12-22(27)24(23(28)13-17)32-15-16-5-6-18-3-1-2-4-20(18)11-16/h1-14H,15H2,(H,30,31)/b29-14-. The Labute approximate surface area is 200 Å². The molecule has 32 heavy (non-hydrogen) atoms. The molecule has 0 aromatic heterocycles. The number of amides is 1. The third-order valence-electron chi connectivity index (χ3n) is 4.70. The van der Waals surface area contributed by atoms with Gasteiger partial charge in [0, 0.05) is 10.6 Å². The molecular formula is C25H17Cl3N2O2. The van der Waals surface area contributed by atoms with Crippen molar-refractivity contribution in [3.05, 3.63) is 111 Å². The first-order valence-electron chi connectivity index (χ1n) is 9.68. The van der Waals surface area contributed by atoms with Crippen LogP contribution in [0.5, 0.6) is 5.75 Å². The number of halogens is 3. The number of rotatable bonds is 6. The third kappa shape index (κ3) is 5.40. The average Bonchev–Trinajstić information content (AvgIpc) is 2.79. The van der Waals surface area contributed by atoms with Crippen molar-refractivity contribution in [3.8, 4) is 5.75 Å². The molecule has 0 aliphatic heterocycles. The summed E-state index contributed by atoms with van der Waals surface area (Å²) in [4.78, 5) is 12.1. The number of hydrogen-bond donors (Lipinski definition) is 1. The Kier molecular flexibility index (Phi) is 6.96. The van der Waals surface area contributed by atoms with Gasteiger partial charge in [-0.2, -0.15) is 5.10 Å². The second-order valence-corrected chi connectivity index (χ2v) is 8.24. The zero-order valence-electron chi connectivity index (χ0n) is 16.7. The van der Waals surface area contributed by atoms with Gasteiger partial charge in [0.1, 0.15) is 6.61 Å². The molecule has 0 atom stereocenters. The van der Waals surface area contributed by atoms with Crippen LogP contribution < -0.4 is 10.2 Å². The Morgan fingerprint density at radius 3 is 2.28 bits per heavy atom. The van der Waals surface area contributed by atoms with E-state index in [1.807, 2.05) is 18.2 Å². The molecule has 0 fully saturated rings. The molecule has 4 aromatic carbocycles. The van der Waals surface area contributed by atoms with Crippen molar-refractivity contribution >= 4 is 57.7 Å². The average molecular weight is 484 g/mol. The first kappa shape index (κ1) is 22.2. The van der Waals surface area contributed by atoms with Crippen LogP contribution in [-0.4, -0.2) is 12.1 Å². The van der Waals surface area contributed by atoms with Gasteiger partial charge >= 0.3 is 0 Å². The van der Waals surface area contributed by atoms with Gasteiger partial charge in [-0.05, 0) is 64.4 Å². The van der Waals surface area contributed by atoms with Crippen molar-refractivity contribution in [2.75, 3.05) is 0 Å². The maximum atomic E-state index is 12.1. The summed E-state index contributed by atoms with van der Waals surface area (Å²) in [5, 5.41) is 7.52. The molecule has 0 bridgehead atoms. The van der Waals surface area contributed by atoms with Crippen LogP contribution in [0, 0.1) is 0 Å². The summed E-state index contributed by atoms with van der Waals surface area (Å²) in [6.45, 7) is 0.328. The summed E-state index contributed by atoms with van der Waals surface area (Å²) in [6.07, 6.45) is 1.46. The molecule has 0 saturated heterocycles. The number of fused-ring (bicyclic) bond motifs is 1. The minimum atomic E-state index is -0.356. The summed E-state index contributed by atoms with van der Waals surface area (Å²) < 4.78 is 5.88. The normalized spacial score (nSPS) is 11.1. The van der Waals surface area contributed by atoms with E-state index < -0.39 is 0 Å². The lowest BCUT2D eigenvalue weighted by molar-refractivity contribution is 0.0955. The van der Waals surface area contributed by atoms with Gasteiger partial charge in [0.2, 0.25) is 0 Å². The Bertz CT molecular complexity index is 1280. The molecule has 0 aliphatic rings. The first-order chi connectivity index (χ1) is 15.5. The molecule has 0 heterocycles. The Hall–Kier alpha value is -3.05. The van der Waals surface area contributed by atoms with Gasteiger partial charge in [-0.15, -0.1) is 0 Å². The predicted octanol–water partition coefficient (Wildman–Crippen LogP) is 7.14. The monoisotopic (exact) mass is 482 g/mol. The number of hydrazone groups is 1. The lowest BCUT2D eigenvalue weighted by Crippen LogP contribution is -2.17.